The van der Waals surface area contributed by atoms with E-state index in [4.69, 9.17) is 0 Å². The average Bonchev–Trinajstić information content (AvgIpc) is 3.20. The molecule has 26 heavy (non-hydrogen) atoms. The summed E-state index contributed by atoms with van der Waals surface area (Å²) >= 11 is 1.46. The van der Waals surface area contributed by atoms with Crippen LogP contribution in [0.4, 0.5) is 5.69 Å². The molecular formula is C19H16N4O2S. The maximum atomic E-state index is 12.4. The quantitative estimate of drug-likeness (QED) is 0.605. The van der Waals surface area contributed by atoms with E-state index in [-0.39, 0.29) is 11.6 Å². The molecule has 0 saturated heterocycles. The van der Waals surface area contributed by atoms with Gasteiger partial charge in [0, 0.05) is 16.8 Å². The number of hydrogen-bond donors (Lipinski definition) is 1. The van der Waals surface area contributed by atoms with Gasteiger partial charge in [0.2, 0.25) is 0 Å². The SMILES string of the molecule is Cc1ccc(C(=O)Nc2cccc(Cn3nc4ccccn4c3=O)c2)s1. The van der Waals surface area contributed by atoms with Crippen LogP contribution in [0, 0.1) is 6.92 Å². The van der Waals surface area contributed by atoms with Crippen LogP contribution >= 0.6 is 11.3 Å². The molecule has 0 bridgehead atoms. The zero-order chi connectivity index (χ0) is 18.1. The number of aryl methyl sites for hydroxylation is 1. The standard InChI is InChI=1S/C19H16N4O2S/c1-13-8-9-16(26-13)18(24)20-15-6-4-5-14(11-15)12-23-19(25)22-10-3-2-7-17(22)21-23/h2-11H,12H2,1H3,(H,20,24). The van der Waals surface area contributed by atoms with Gasteiger partial charge in [0.1, 0.15) is 0 Å². The predicted octanol–water partition coefficient (Wildman–Crippen LogP) is 3.17. The summed E-state index contributed by atoms with van der Waals surface area (Å²) in [6.45, 7) is 2.30. The minimum absolute atomic E-state index is 0.134. The number of nitrogens with zero attached hydrogens (tertiary/aromatic N) is 3. The lowest BCUT2D eigenvalue weighted by Gasteiger charge is -2.06. The van der Waals surface area contributed by atoms with Crippen LogP contribution < -0.4 is 11.0 Å². The van der Waals surface area contributed by atoms with Gasteiger partial charge in [-0.1, -0.05) is 18.2 Å². The first-order valence-electron chi connectivity index (χ1n) is 8.11. The van der Waals surface area contributed by atoms with Gasteiger partial charge in [-0.3, -0.25) is 9.20 Å². The van der Waals surface area contributed by atoms with E-state index in [0.29, 0.717) is 22.8 Å². The van der Waals surface area contributed by atoms with Crippen molar-refractivity contribution in [2.45, 2.75) is 13.5 Å². The molecule has 4 rings (SSSR count). The third kappa shape index (κ3) is 3.16. The molecule has 0 unspecified atom stereocenters. The number of rotatable bonds is 4. The van der Waals surface area contributed by atoms with E-state index < -0.39 is 0 Å². The summed E-state index contributed by atoms with van der Waals surface area (Å²) < 4.78 is 2.92. The van der Waals surface area contributed by atoms with Gasteiger partial charge in [0.05, 0.1) is 11.4 Å². The number of aromatic nitrogens is 3. The van der Waals surface area contributed by atoms with Gasteiger partial charge >= 0.3 is 5.69 Å². The molecule has 0 aliphatic carbocycles. The van der Waals surface area contributed by atoms with Crippen LogP contribution in [0.2, 0.25) is 0 Å². The van der Waals surface area contributed by atoms with Crippen molar-refractivity contribution in [1.82, 2.24) is 14.2 Å². The highest BCUT2D eigenvalue weighted by Crippen LogP contribution is 2.18. The summed E-state index contributed by atoms with van der Waals surface area (Å²) in [4.78, 5) is 26.4. The van der Waals surface area contributed by atoms with Crippen molar-refractivity contribution >= 4 is 28.6 Å². The Hall–Kier alpha value is -3.19. The Kier molecular flexibility index (Phi) is 4.14. The van der Waals surface area contributed by atoms with Crippen LogP contribution in [0.25, 0.3) is 5.65 Å². The van der Waals surface area contributed by atoms with Gasteiger partial charge in [-0.25, -0.2) is 9.48 Å². The first-order chi connectivity index (χ1) is 12.6. The molecule has 4 aromatic rings. The van der Waals surface area contributed by atoms with E-state index in [9.17, 15) is 9.59 Å². The van der Waals surface area contributed by atoms with E-state index in [1.807, 2.05) is 49.4 Å². The van der Waals surface area contributed by atoms with E-state index in [0.717, 1.165) is 10.4 Å². The third-order valence-corrected chi connectivity index (χ3v) is 4.97. The Morgan fingerprint density at radius 1 is 1.15 bits per heavy atom. The largest absolute Gasteiger partial charge is 0.350 e. The second kappa shape index (κ2) is 6.61. The zero-order valence-electron chi connectivity index (χ0n) is 14.0. The topological polar surface area (TPSA) is 68.4 Å². The molecule has 0 atom stereocenters. The lowest BCUT2D eigenvalue weighted by molar-refractivity contribution is 0.103. The fourth-order valence-corrected chi connectivity index (χ4v) is 3.50. The molecule has 0 saturated carbocycles. The first-order valence-corrected chi connectivity index (χ1v) is 8.93. The number of hydrogen-bond acceptors (Lipinski definition) is 4. The highest BCUT2D eigenvalue weighted by atomic mass is 32.1. The van der Waals surface area contributed by atoms with Crippen LogP contribution in [0.3, 0.4) is 0 Å². The Morgan fingerprint density at radius 3 is 2.81 bits per heavy atom. The number of benzene rings is 1. The smallest absolute Gasteiger partial charge is 0.321 e. The van der Waals surface area contributed by atoms with Crippen LogP contribution in [0.1, 0.15) is 20.1 Å². The summed E-state index contributed by atoms with van der Waals surface area (Å²) in [5.41, 5.74) is 1.99. The lowest BCUT2D eigenvalue weighted by atomic mass is 10.2. The van der Waals surface area contributed by atoms with Crippen molar-refractivity contribution in [3.8, 4) is 0 Å². The van der Waals surface area contributed by atoms with E-state index >= 15 is 0 Å². The minimum atomic E-state index is -0.191. The van der Waals surface area contributed by atoms with Gasteiger partial charge < -0.3 is 5.32 Å². The summed E-state index contributed by atoms with van der Waals surface area (Å²) in [5.74, 6) is -0.134. The number of fused-ring (bicyclic) bond motifs is 1. The van der Waals surface area contributed by atoms with Gasteiger partial charge in [-0.15, -0.1) is 16.4 Å². The molecule has 0 aliphatic rings. The predicted molar refractivity (Wildman–Crippen MR) is 102 cm³/mol. The molecule has 130 valence electrons. The van der Waals surface area contributed by atoms with Crippen LogP contribution in [-0.2, 0) is 6.54 Å². The van der Waals surface area contributed by atoms with Crippen LogP contribution in [0.5, 0.6) is 0 Å². The molecule has 0 aliphatic heterocycles. The molecule has 0 spiro atoms. The van der Waals surface area contributed by atoms with Crippen LogP contribution in [-0.4, -0.2) is 20.1 Å². The highest BCUT2D eigenvalue weighted by molar-refractivity contribution is 7.14. The number of carbonyl (C=O) groups excluding carboxylic acids is 1. The molecule has 0 radical (unpaired) electrons. The van der Waals surface area contributed by atoms with Gasteiger partial charge in [-0.2, -0.15) is 0 Å². The second-order valence-corrected chi connectivity index (χ2v) is 7.22. The molecule has 6 nitrogen and oxygen atoms in total. The zero-order valence-corrected chi connectivity index (χ0v) is 14.9. The Labute approximate surface area is 153 Å². The molecule has 1 aromatic carbocycles. The molecule has 1 N–H and O–H groups in total. The minimum Gasteiger partial charge on any atom is -0.321 e. The molecule has 3 heterocycles. The summed E-state index contributed by atoms with van der Waals surface area (Å²) in [5, 5.41) is 7.23. The number of amides is 1. The molecule has 7 heteroatoms. The monoisotopic (exact) mass is 364 g/mol. The van der Waals surface area contributed by atoms with Gasteiger partial charge in [0.25, 0.3) is 5.91 Å². The average molecular weight is 364 g/mol. The normalized spacial score (nSPS) is 11.0. The molecular weight excluding hydrogens is 348 g/mol. The van der Waals surface area contributed by atoms with Gasteiger partial charge in [-0.05, 0) is 48.9 Å². The summed E-state index contributed by atoms with van der Waals surface area (Å²) in [6, 6.07) is 16.6. The van der Waals surface area contributed by atoms with E-state index in [1.165, 1.54) is 20.4 Å². The van der Waals surface area contributed by atoms with Crippen molar-refractivity contribution in [3.63, 3.8) is 0 Å². The number of thiophene rings is 1. The number of carbonyl (C=O) groups is 1. The second-order valence-electron chi connectivity index (χ2n) is 5.93. The van der Waals surface area contributed by atoms with Crippen LogP contribution in [0.15, 0.2) is 65.6 Å². The van der Waals surface area contributed by atoms with E-state index in [2.05, 4.69) is 10.4 Å². The number of nitrogens with one attached hydrogen (secondary N) is 1. The first kappa shape index (κ1) is 16.3. The lowest BCUT2D eigenvalue weighted by Crippen LogP contribution is -2.21. The van der Waals surface area contributed by atoms with E-state index in [1.54, 1.807) is 18.3 Å². The maximum absolute atomic E-state index is 12.4. The Morgan fingerprint density at radius 2 is 2.04 bits per heavy atom. The molecule has 0 fully saturated rings. The number of anilines is 1. The van der Waals surface area contributed by atoms with Gasteiger partial charge in [0.15, 0.2) is 5.65 Å². The van der Waals surface area contributed by atoms with Crippen molar-refractivity contribution in [1.29, 1.82) is 0 Å². The number of pyridine rings is 1. The maximum Gasteiger partial charge on any atom is 0.350 e. The Bertz CT molecular complexity index is 1160. The van der Waals surface area contributed by atoms with Crippen molar-refractivity contribution < 1.29 is 4.79 Å². The molecule has 3 aromatic heterocycles. The fraction of sp³-hybridized carbons (Fsp3) is 0.105. The van der Waals surface area contributed by atoms with Crippen molar-refractivity contribution in [2.75, 3.05) is 5.32 Å². The summed E-state index contributed by atoms with van der Waals surface area (Å²) in [6.07, 6.45) is 1.70. The molecule has 1 amide bonds. The summed E-state index contributed by atoms with van der Waals surface area (Å²) in [7, 11) is 0. The Balaban J connectivity index is 1.56. The highest BCUT2D eigenvalue weighted by Gasteiger charge is 2.10. The third-order valence-electron chi connectivity index (χ3n) is 3.97. The van der Waals surface area contributed by atoms with Crippen molar-refractivity contribution in [2.24, 2.45) is 0 Å². The van der Waals surface area contributed by atoms with Crippen molar-refractivity contribution in [3.05, 3.63) is 86.6 Å². The fourth-order valence-electron chi connectivity index (χ4n) is 2.74.